The molecule has 0 aliphatic heterocycles. The SMILES string of the molecule is Cc1nc2c(s1)CCCC2CNC(=O)Nc1ccon1. The predicted molar refractivity (Wildman–Crippen MR) is 76.1 cm³/mol. The molecule has 2 aromatic heterocycles. The minimum absolute atomic E-state index is 0.266. The number of nitrogens with one attached hydrogen (secondary N) is 2. The Bertz CT molecular complexity index is 594. The molecule has 0 bridgehead atoms. The third kappa shape index (κ3) is 2.82. The lowest BCUT2D eigenvalue weighted by atomic mass is 9.91. The van der Waals surface area contributed by atoms with Crippen LogP contribution in [0.15, 0.2) is 16.9 Å². The first-order valence-electron chi connectivity index (χ1n) is 6.64. The third-order valence-corrected chi connectivity index (χ3v) is 4.41. The fourth-order valence-electron chi connectivity index (χ4n) is 2.48. The van der Waals surface area contributed by atoms with Crippen LogP contribution in [0.5, 0.6) is 0 Å². The molecule has 1 unspecified atom stereocenters. The van der Waals surface area contributed by atoms with Crippen molar-refractivity contribution in [2.24, 2.45) is 0 Å². The Morgan fingerprint density at radius 2 is 2.50 bits per heavy atom. The number of carbonyl (C=O) groups excluding carboxylic acids is 1. The smallest absolute Gasteiger partial charge is 0.320 e. The van der Waals surface area contributed by atoms with Gasteiger partial charge in [-0.1, -0.05) is 5.16 Å². The van der Waals surface area contributed by atoms with Gasteiger partial charge in [-0.3, -0.25) is 5.32 Å². The second kappa shape index (κ2) is 5.62. The van der Waals surface area contributed by atoms with Gasteiger partial charge < -0.3 is 9.84 Å². The van der Waals surface area contributed by atoms with E-state index in [0.29, 0.717) is 18.3 Å². The van der Waals surface area contributed by atoms with Crippen molar-refractivity contribution in [2.75, 3.05) is 11.9 Å². The summed E-state index contributed by atoms with van der Waals surface area (Å²) in [4.78, 5) is 17.7. The molecule has 0 saturated heterocycles. The monoisotopic (exact) mass is 292 g/mol. The molecule has 3 rings (SSSR count). The second-order valence-electron chi connectivity index (χ2n) is 4.85. The molecule has 106 valence electrons. The maximum absolute atomic E-state index is 11.7. The van der Waals surface area contributed by atoms with Gasteiger partial charge in [-0.15, -0.1) is 11.3 Å². The topological polar surface area (TPSA) is 80.0 Å². The average molecular weight is 292 g/mol. The van der Waals surface area contributed by atoms with E-state index in [1.165, 1.54) is 16.8 Å². The molecule has 0 spiro atoms. The van der Waals surface area contributed by atoms with Crippen LogP contribution < -0.4 is 10.6 Å². The fourth-order valence-corrected chi connectivity index (χ4v) is 3.55. The second-order valence-corrected chi connectivity index (χ2v) is 6.14. The Labute approximate surface area is 120 Å². The number of carbonyl (C=O) groups is 1. The van der Waals surface area contributed by atoms with Crippen molar-refractivity contribution in [2.45, 2.75) is 32.1 Å². The van der Waals surface area contributed by atoms with Gasteiger partial charge in [-0.05, 0) is 26.2 Å². The lowest BCUT2D eigenvalue weighted by molar-refractivity contribution is 0.250. The molecule has 0 saturated carbocycles. The summed E-state index contributed by atoms with van der Waals surface area (Å²) < 4.78 is 4.66. The number of hydrogen-bond acceptors (Lipinski definition) is 5. The van der Waals surface area contributed by atoms with Gasteiger partial charge in [0, 0.05) is 23.4 Å². The van der Waals surface area contributed by atoms with Crippen molar-refractivity contribution in [1.29, 1.82) is 0 Å². The zero-order chi connectivity index (χ0) is 13.9. The van der Waals surface area contributed by atoms with E-state index in [-0.39, 0.29) is 6.03 Å². The minimum atomic E-state index is -0.266. The lowest BCUT2D eigenvalue weighted by Gasteiger charge is -2.21. The summed E-state index contributed by atoms with van der Waals surface area (Å²) in [5.41, 5.74) is 1.17. The van der Waals surface area contributed by atoms with E-state index < -0.39 is 0 Å². The number of fused-ring (bicyclic) bond motifs is 1. The van der Waals surface area contributed by atoms with Crippen LogP contribution in [0, 0.1) is 6.92 Å². The molecule has 1 aliphatic rings. The Kier molecular flexibility index (Phi) is 3.68. The fraction of sp³-hybridized carbons (Fsp3) is 0.462. The summed E-state index contributed by atoms with van der Waals surface area (Å²) in [6.45, 7) is 2.63. The molecule has 2 N–H and O–H groups in total. The summed E-state index contributed by atoms with van der Waals surface area (Å²) >= 11 is 1.77. The Balaban J connectivity index is 1.57. The lowest BCUT2D eigenvalue weighted by Crippen LogP contribution is -2.33. The molecule has 20 heavy (non-hydrogen) atoms. The largest absolute Gasteiger partial charge is 0.363 e. The molecule has 0 fully saturated rings. The number of rotatable bonds is 3. The summed E-state index contributed by atoms with van der Waals surface area (Å²) in [5, 5.41) is 10.2. The standard InChI is InChI=1S/C13H16N4O2S/c1-8-15-12-9(3-2-4-10(12)20-8)7-14-13(18)16-11-5-6-19-17-11/h5-6,9H,2-4,7H2,1H3,(H2,14,16,17,18). The first-order valence-corrected chi connectivity index (χ1v) is 7.45. The molecule has 1 aliphatic carbocycles. The number of amides is 2. The zero-order valence-electron chi connectivity index (χ0n) is 11.2. The zero-order valence-corrected chi connectivity index (χ0v) is 12.0. The van der Waals surface area contributed by atoms with E-state index >= 15 is 0 Å². The summed E-state index contributed by atoms with van der Waals surface area (Å²) in [5.74, 6) is 0.725. The number of urea groups is 1. The van der Waals surface area contributed by atoms with Crippen LogP contribution in [0.4, 0.5) is 10.6 Å². The average Bonchev–Trinajstić information content (AvgIpc) is 3.04. The highest BCUT2D eigenvalue weighted by Gasteiger charge is 2.24. The quantitative estimate of drug-likeness (QED) is 0.911. The first-order chi connectivity index (χ1) is 9.72. The number of thiazole rings is 1. The van der Waals surface area contributed by atoms with E-state index in [9.17, 15) is 4.79 Å². The van der Waals surface area contributed by atoms with Gasteiger partial charge in [0.15, 0.2) is 5.82 Å². The van der Waals surface area contributed by atoms with Crippen molar-refractivity contribution in [3.63, 3.8) is 0 Å². The van der Waals surface area contributed by atoms with E-state index in [4.69, 9.17) is 0 Å². The van der Waals surface area contributed by atoms with Crippen LogP contribution in [0.25, 0.3) is 0 Å². The number of hydrogen-bond donors (Lipinski definition) is 2. The molecule has 2 aromatic rings. The Morgan fingerprint density at radius 1 is 1.60 bits per heavy atom. The van der Waals surface area contributed by atoms with Crippen molar-refractivity contribution < 1.29 is 9.32 Å². The van der Waals surface area contributed by atoms with Crippen LogP contribution >= 0.6 is 11.3 Å². The first kappa shape index (κ1) is 13.1. The number of aromatic nitrogens is 2. The van der Waals surface area contributed by atoms with Gasteiger partial charge >= 0.3 is 6.03 Å². The molecule has 7 heteroatoms. The highest BCUT2D eigenvalue weighted by molar-refractivity contribution is 7.11. The summed E-state index contributed by atoms with van der Waals surface area (Å²) in [6, 6.07) is 1.33. The Hall–Kier alpha value is -1.89. The highest BCUT2D eigenvalue weighted by Crippen LogP contribution is 2.34. The van der Waals surface area contributed by atoms with E-state index in [2.05, 4.69) is 25.3 Å². The van der Waals surface area contributed by atoms with Crippen molar-refractivity contribution in [1.82, 2.24) is 15.5 Å². The Morgan fingerprint density at radius 3 is 3.30 bits per heavy atom. The van der Waals surface area contributed by atoms with Gasteiger partial charge in [0.1, 0.15) is 6.26 Å². The van der Waals surface area contributed by atoms with Gasteiger partial charge in [0.25, 0.3) is 0 Å². The molecular formula is C13H16N4O2S. The molecule has 0 aromatic carbocycles. The normalized spacial score (nSPS) is 17.6. The number of anilines is 1. The van der Waals surface area contributed by atoms with Gasteiger partial charge in [0.05, 0.1) is 10.7 Å². The van der Waals surface area contributed by atoms with Crippen LogP contribution in [0.1, 0.15) is 34.3 Å². The highest BCUT2D eigenvalue weighted by atomic mass is 32.1. The summed E-state index contributed by atoms with van der Waals surface area (Å²) in [6.07, 6.45) is 4.76. The maximum Gasteiger partial charge on any atom is 0.320 e. The number of aryl methyl sites for hydroxylation is 2. The molecule has 2 amide bonds. The molecule has 1 atom stereocenters. The van der Waals surface area contributed by atoms with Gasteiger partial charge in [-0.2, -0.15) is 0 Å². The predicted octanol–water partition coefficient (Wildman–Crippen LogP) is 2.68. The molecule has 0 radical (unpaired) electrons. The van der Waals surface area contributed by atoms with Gasteiger partial charge in [-0.25, -0.2) is 9.78 Å². The maximum atomic E-state index is 11.7. The van der Waals surface area contributed by atoms with Crippen molar-refractivity contribution in [3.8, 4) is 0 Å². The van der Waals surface area contributed by atoms with Crippen LogP contribution in [-0.2, 0) is 6.42 Å². The van der Waals surface area contributed by atoms with Crippen molar-refractivity contribution in [3.05, 3.63) is 27.9 Å². The number of nitrogens with zero attached hydrogens (tertiary/aromatic N) is 2. The van der Waals surface area contributed by atoms with E-state index in [1.54, 1.807) is 17.4 Å². The molecule has 2 heterocycles. The van der Waals surface area contributed by atoms with E-state index in [1.807, 2.05) is 6.92 Å². The van der Waals surface area contributed by atoms with E-state index in [0.717, 1.165) is 24.3 Å². The van der Waals surface area contributed by atoms with Gasteiger partial charge in [0.2, 0.25) is 0 Å². The van der Waals surface area contributed by atoms with Crippen LogP contribution in [0.3, 0.4) is 0 Å². The summed E-state index contributed by atoms with van der Waals surface area (Å²) in [7, 11) is 0. The minimum Gasteiger partial charge on any atom is -0.363 e. The molecule has 6 nitrogen and oxygen atoms in total. The van der Waals surface area contributed by atoms with Crippen molar-refractivity contribution >= 4 is 23.2 Å². The molecular weight excluding hydrogens is 276 g/mol. The third-order valence-electron chi connectivity index (χ3n) is 3.37. The van der Waals surface area contributed by atoms with Crippen LogP contribution in [0.2, 0.25) is 0 Å². The van der Waals surface area contributed by atoms with Crippen LogP contribution in [-0.4, -0.2) is 22.7 Å².